The summed E-state index contributed by atoms with van der Waals surface area (Å²) >= 11 is 5.88. The molecule has 0 fully saturated rings. The van der Waals surface area contributed by atoms with E-state index in [2.05, 4.69) is 5.32 Å². The van der Waals surface area contributed by atoms with E-state index in [0.717, 1.165) is 5.56 Å². The lowest BCUT2D eigenvalue weighted by Gasteiger charge is -2.08. The summed E-state index contributed by atoms with van der Waals surface area (Å²) in [6, 6.07) is 15.9. The number of halogens is 1. The standard InChI is InChI=1S/C17H14ClNO2/c1-12(20)19-16(13-6-3-2-4-7-13)11-17(21)14-8-5-9-15(18)10-14/h2-11H,1H3,(H,19,20)/b16-11-. The van der Waals surface area contributed by atoms with Crippen LogP contribution in [0.2, 0.25) is 5.02 Å². The largest absolute Gasteiger partial charge is 0.326 e. The van der Waals surface area contributed by atoms with E-state index in [4.69, 9.17) is 11.6 Å². The van der Waals surface area contributed by atoms with Gasteiger partial charge < -0.3 is 5.32 Å². The number of benzene rings is 2. The molecule has 0 saturated heterocycles. The van der Waals surface area contributed by atoms with E-state index in [1.54, 1.807) is 24.3 Å². The van der Waals surface area contributed by atoms with Crippen LogP contribution in [0.5, 0.6) is 0 Å². The molecular formula is C17H14ClNO2. The maximum Gasteiger partial charge on any atom is 0.221 e. The molecule has 0 bridgehead atoms. The molecule has 0 aromatic heterocycles. The SMILES string of the molecule is CC(=O)N/C(=C\C(=O)c1cccc(Cl)c1)c1ccccc1. The molecule has 21 heavy (non-hydrogen) atoms. The fourth-order valence-electron chi connectivity index (χ4n) is 1.86. The van der Waals surface area contributed by atoms with E-state index in [1.165, 1.54) is 13.0 Å². The van der Waals surface area contributed by atoms with E-state index in [1.807, 2.05) is 30.3 Å². The first kappa shape index (κ1) is 15.0. The van der Waals surface area contributed by atoms with Gasteiger partial charge in [-0.15, -0.1) is 0 Å². The Morgan fingerprint density at radius 3 is 2.29 bits per heavy atom. The van der Waals surface area contributed by atoms with Crippen molar-refractivity contribution in [3.63, 3.8) is 0 Å². The highest BCUT2D eigenvalue weighted by Gasteiger charge is 2.08. The van der Waals surface area contributed by atoms with Gasteiger partial charge in [0.2, 0.25) is 5.91 Å². The molecule has 0 unspecified atom stereocenters. The van der Waals surface area contributed by atoms with Crippen LogP contribution in [0.3, 0.4) is 0 Å². The van der Waals surface area contributed by atoms with Gasteiger partial charge >= 0.3 is 0 Å². The summed E-state index contributed by atoms with van der Waals surface area (Å²) in [6.45, 7) is 1.40. The number of ketones is 1. The molecule has 2 aromatic rings. The Balaban J connectivity index is 2.36. The molecule has 2 aromatic carbocycles. The molecule has 3 nitrogen and oxygen atoms in total. The number of amides is 1. The third-order valence-corrected chi connectivity index (χ3v) is 3.02. The van der Waals surface area contributed by atoms with Crippen molar-refractivity contribution in [3.8, 4) is 0 Å². The lowest BCUT2D eigenvalue weighted by molar-refractivity contribution is -0.117. The maximum atomic E-state index is 12.3. The lowest BCUT2D eigenvalue weighted by atomic mass is 10.1. The highest BCUT2D eigenvalue weighted by atomic mass is 35.5. The normalized spacial score (nSPS) is 11.0. The predicted molar refractivity (Wildman–Crippen MR) is 84.0 cm³/mol. The Morgan fingerprint density at radius 1 is 1.00 bits per heavy atom. The van der Waals surface area contributed by atoms with Crippen molar-refractivity contribution < 1.29 is 9.59 Å². The van der Waals surface area contributed by atoms with Crippen LogP contribution in [0.1, 0.15) is 22.8 Å². The average molecular weight is 300 g/mol. The number of allylic oxidation sites excluding steroid dienone is 1. The van der Waals surface area contributed by atoms with Crippen molar-refractivity contribution in [1.82, 2.24) is 5.32 Å². The van der Waals surface area contributed by atoms with Crippen LogP contribution in [-0.4, -0.2) is 11.7 Å². The van der Waals surface area contributed by atoms with Gasteiger partial charge in [0.05, 0.1) is 5.70 Å². The topological polar surface area (TPSA) is 46.2 Å². The fraction of sp³-hybridized carbons (Fsp3) is 0.0588. The van der Waals surface area contributed by atoms with Gasteiger partial charge in [-0.2, -0.15) is 0 Å². The lowest BCUT2D eigenvalue weighted by Crippen LogP contribution is -2.19. The monoisotopic (exact) mass is 299 g/mol. The summed E-state index contributed by atoms with van der Waals surface area (Å²) in [4.78, 5) is 23.6. The molecule has 0 saturated carbocycles. The van der Waals surface area contributed by atoms with Crippen LogP contribution in [0.4, 0.5) is 0 Å². The smallest absolute Gasteiger partial charge is 0.221 e. The molecule has 1 N–H and O–H groups in total. The van der Waals surface area contributed by atoms with Crippen molar-refractivity contribution >= 4 is 29.0 Å². The molecular weight excluding hydrogens is 286 g/mol. The van der Waals surface area contributed by atoms with E-state index < -0.39 is 0 Å². The van der Waals surface area contributed by atoms with Crippen molar-refractivity contribution in [2.24, 2.45) is 0 Å². The van der Waals surface area contributed by atoms with Gasteiger partial charge in [-0.1, -0.05) is 54.1 Å². The van der Waals surface area contributed by atoms with Gasteiger partial charge in [0.1, 0.15) is 0 Å². The third kappa shape index (κ3) is 4.29. The number of hydrogen-bond acceptors (Lipinski definition) is 2. The molecule has 2 rings (SSSR count). The molecule has 0 radical (unpaired) electrons. The summed E-state index contributed by atoms with van der Waals surface area (Å²) in [7, 11) is 0. The molecule has 0 aliphatic rings. The Kier molecular flexibility index (Phi) is 4.90. The second kappa shape index (κ2) is 6.86. The summed E-state index contributed by atoms with van der Waals surface area (Å²) < 4.78 is 0. The summed E-state index contributed by atoms with van der Waals surface area (Å²) in [6.07, 6.45) is 1.41. The quantitative estimate of drug-likeness (QED) is 0.691. The molecule has 0 aliphatic heterocycles. The van der Waals surface area contributed by atoms with E-state index >= 15 is 0 Å². The van der Waals surface area contributed by atoms with Gasteiger partial charge in [0.25, 0.3) is 0 Å². The van der Waals surface area contributed by atoms with Gasteiger partial charge in [-0.05, 0) is 17.7 Å². The summed E-state index contributed by atoms with van der Waals surface area (Å²) in [5, 5.41) is 3.18. The zero-order valence-electron chi connectivity index (χ0n) is 11.5. The minimum Gasteiger partial charge on any atom is -0.326 e. The zero-order valence-corrected chi connectivity index (χ0v) is 12.2. The first-order chi connectivity index (χ1) is 10.1. The van der Waals surface area contributed by atoms with Gasteiger partial charge in [-0.25, -0.2) is 0 Å². The number of nitrogens with one attached hydrogen (secondary N) is 1. The van der Waals surface area contributed by atoms with Crippen molar-refractivity contribution in [3.05, 3.63) is 76.8 Å². The third-order valence-electron chi connectivity index (χ3n) is 2.78. The van der Waals surface area contributed by atoms with Gasteiger partial charge in [0, 0.05) is 23.6 Å². The van der Waals surface area contributed by atoms with Crippen LogP contribution >= 0.6 is 11.6 Å². The zero-order chi connectivity index (χ0) is 15.2. The average Bonchev–Trinajstić information content (AvgIpc) is 2.47. The Labute approximate surface area is 128 Å². The predicted octanol–water partition coefficient (Wildman–Crippen LogP) is 3.70. The van der Waals surface area contributed by atoms with Crippen LogP contribution < -0.4 is 5.32 Å². The van der Waals surface area contributed by atoms with Crippen LogP contribution in [0, 0.1) is 0 Å². The second-order valence-electron chi connectivity index (χ2n) is 4.48. The molecule has 0 heterocycles. The van der Waals surface area contributed by atoms with Crippen molar-refractivity contribution in [2.75, 3.05) is 0 Å². The van der Waals surface area contributed by atoms with E-state index in [-0.39, 0.29) is 11.7 Å². The van der Waals surface area contributed by atoms with Gasteiger partial charge in [0.15, 0.2) is 5.78 Å². The van der Waals surface area contributed by atoms with E-state index in [0.29, 0.717) is 16.3 Å². The minimum absolute atomic E-state index is 0.217. The van der Waals surface area contributed by atoms with E-state index in [9.17, 15) is 9.59 Å². The first-order valence-electron chi connectivity index (χ1n) is 6.41. The van der Waals surface area contributed by atoms with Crippen molar-refractivity contribution in [2.45, 2.75) is 6.92 Å². The number of rotatable bonds is 4. The Bertz CT molecular complexity index is 693. The Hall–Kier alpha value is -2.39. The Morgan fingerprint density at radius 2 is 1.67 bits per heavy atom. The first-order valence-corrected chi connectivity index (χ1v) is 6.78. The van der Waals surface area contributed by atoms with Crippen molar-refractivity contribution in [1.29, 1.82) is 0 Å². The highest BCUT2D eigenvalue weighted by molar-refractivity contribution is 6.31. The summed E-state index contributed by atoms with van der Waals surface area (Å²) in [5.74, 6) is -0.450. The van der Waals surface area contributed by atoms with Gasteiger partial charge in [-0.3, -0.25) is 9.59 Å². The maximum absolute atomic E-state index is 12.3. The molecule has 0 atom stereocenters. The second-order valence-corrected chi connectivity index (χ2v) is 4.92. The van der Waals surface area contributed by atoms with Crippen LogP contribution in [-0.2, 0) is 4.79 Å². The number of hydrogen-bond donors (Lipinski definition) is 1. The minimum atomic E-state index is -0.232. The van der Waals surface area contributed by atoms with Crippen LogP contribution in [0.25, 0.3) is 5.70 Å². The molecule has 0 aliphatic carbocycles. The fourth-order valence-corrected chi connectivity index (χ4v) is 2.05. The number of carbonyl (C=O) groups excluding carboxylic acids is 2. The molecule has 4 heteroatoms. The number of carbonyl (C=O) groups is 2. The molecule has 0 spiro atoms. The molecule has 106 valence electrons. The molecule has 1 amide bonds. The van der Waals surface area contributed by atoms with Crippen LogP contribution in [0.15, 0.2) is 60.7 Å². The summed E-state index contributed by atoms with van der Waals surface area (Å²) in [5.41, 5.74) is 1.71. The highest BCUT2D eigenvalue weighted by Crippen LogP contribution is 2.15.